The standard InChI is InChI=1S/C23H28O5/c1-2-14-3-5-15(6-4-14)9-16-7-8-17-11-23(12-18(17)10-16)22(27)21(26)20(25)19(13-24)28-23/h3-8,10,19-22,24-27H,2,9,11-13H2,1H3/t19?,20?,21?,22?,23-/m0/s1. The largest absolute Gasteiger partial charge is 0.394 e. The van der Waals surface area contributed by atoms with Gasteiger partial charge in [0, 0.05) is 12.8 Å². The second-order valence-electron chi connectivity index (χ2n) is 8.13. The van der Waals surface area contributed by atoms with Gasteiger partial charge in [-0.05, 0) is 40.7 Å². The van der Waals surface area contributed by atoms with Gasteiger partial charge in [0.2, 0.25) is 0 Å². The zero-order valence-corrected chi connectivity index (χ0v) is 16.1. The lowest BCUT2D eigenvalue weighted by Gasteiger charge is -2.47. The van der Waals surface area contributed by atoms with Crippen molar-refractivity contribution in [3.8, 4) is 0 Å². The van der Waals surface area contributed by atoms with Crippen LogP contribution in [0, 0.1) is 0 Å². The summed E-state index contributed by atoms with van der Waals surface area (Å²) >= 11 is 0. The molecule has 4 unspecified atom stereocenters. The number of ether oxygens (including phenoxy) is 1. The summed E-state index contributed by atoms with van der Waals surface area (Å²) in [6, 6.07) is 14.9. The molecule has 4 rings (SSSR count). The van der Waals surface area contributed by atoms with Crippen LogP contribution in [0.1, 0.15) is 34.7 Å². The van der Waals surface area contributed by atoms with Gasteiger partial charge in [0.25, 0.3) is 0 Å². The van der Waals surface area contributed by atoms with E-state index in [4.69, 9.17) is 4.74 Å². The molecule has 0 radical (unpaired) electrons. The third kappa shape index (κ3) is 3.38. The molecule has 1 spiro atoms. The van der Waals surface area contributed by atoms with E-state index in [0.29, 0.717) is 12.8 Å². The second-order valence-corrected chi connectivity index (χ2v) is 8.13. The zero-order chi connectivity index (χ0) is 19.9. The van der Waals surface area contributed by atoms with Gasteiger partial charge in [-0.1, -0.05) is 49.4 Å². The van der Waals surface area contributed by atoms with Crippen molar-refractivity contribution < 1.29 is 25.2 Å². The van der Waals surface area contributed by atoms with Crippen molar-refractivity contribution in [2.75, 3.05) is 6.61 Å². The molecule has 5 heteroatoms. The number of rotatable bonds is 4. The van der Waals surface area contributed by atoms with Crippen LogP contribution in [0.15, 0.2) is 42.5 Å². The maximum atomic E-state index is 10.6. The molecular formula is C23H28O5. The highest BCUT2D eigenvalue weighted by Gasteiger charge is 2.55. The first-order valence-electron chi connectivity index (χ1n) is 9.97. The van der Waals surface area contributed by atoms with E-state index in [1.54, 1.807) is 0 Å². The van der Waals surface area contributed by atoms with E-state index in [1.807, 2.05) is 0 Å². The van der Waals surface area contributed by atoms with E-state index in [0.717, 1.165) is 24.0 Å². The van der Waals surface area contributed by atoms with Crippen LogP contribution in [0.3, 0.4) is 0 Å². The molecule has 1 fully saturated rings. The highest BCUT2D eigenvalue weighted by molar-refractivity contribution is 5.41. The quantitative estimate of drug-likeness (QED) is 0.635. The normalized spacial score (nSPS) is 31.9. The van der Waals surface area contributed by atoms with Crippen LogP contribution < -0.4 is 0 Å². The highest BCUT2D eigenvalue weighted by Crippen LogP contribution is 2.41. The lowest BCUT2D eigenvalue weighted by molar-refractivity contribution is -0.270. The molecule has 150 valence electrons. The number of aliphatic hydroxyl groups excluding tert-OH is 4. The van der Waals surface area contributed by atoms with Gasteiger partial charge in [0.1, 0.15) is 30.0 Å². The first-order valence-corrected chi connectivity index (χ1v) is 9.97. The van der Waals surface area contributed by atoms with Crippen molar-refractivity contribution in [2.45, 2.75) is 62.6 Å². The molecule has 2 aliphatic rings. The van der Waals surface area contributed by atoms with Crippen LogP contribution in [-0.2, 0) is 30.4 Å². The molecule has 1 heterocycles. The van der Waals surface area contributed by atoms with Gasteiger partial charge in [-0.15, -0.1) is 0 Å². The van der Waals surface area contributed by atoms with Gasteiger partial charge in [-0.25, -0.2) is 0 Å². The summed E-state index contributed by atoms with van der Waals surface area (Å²) in [5, 5.41) is 40.4. The number of benzene rings is 2. The maximum absolute atomic E-state index is 10.6. The van der Waals surface area contributed by atoms with Gasteiger partial charge in [0.05, 0.1) is 6.61 Å². The van der Waals surface area contributed by atoms with Crippen LogP contribution in [0.5, 0.6) is 0 Å². The predicted molar refractivity (Wildman–Crippen MR) is 105 cm³/mol. The van der Waals surface area contributed by atoms with E-state index in [2.05, 4.69) is 49.4 Å². The van der Waals surface area contributed by atoms with Crippen LogP contribution in [-0.4, -0.2) is 57.0 Å². The smallest absolute Gasteiger partial charge is 0.112 e. The van der Waals surface area contributed by atoms with E-state index >= 15 is 0 Å². The summed E-state index contributed by atoms with van der Waals surface area (Å²) in [7, 11) is 0. The SMILES string of the molecule is CCc1ccc(Cc2ccc3c(c2)C[C@]2(C3)OC(CO)C(O)C(O)C2O)cc1. The number of hydrogen-bond acceptors (Lipinski definition) is 5. The van der Waals surface area contributed by atoms with Crippen molar-refractivity contribution in [2.24, 2.45) is 0 Å². The van der Waals surface area contributed by atoms with Gasteiger partial charge in [-0.2, -0.15) is 0 Å². The van der Waals surface area contributed by atoms with Crippen molar-refractivity contribution in [1.82, 2.24) is 0 Å². The fourth-order valence-electron chi connectivity index (χ4n) is 4.56. The summed E-state index contributed by atoms with van der Waals surface area (Å²) < 4.78 is 5.94. The fraction of sp³-hybridized carbons (Fsp3) is 0.478. The Hall–Kier alpha value is -1.76. The van der Waals surface area contributed by atoms with Crippen LogP contribution in [0.4, 0.5) is 0 Å². The Morgan fingerprint density at radius 2 is 1.54 bits per heavy atom. The van der Waals surface area contributed by atoms with Crippen molar-refractivity contribution in [1.29, 1.82) is 0 Å². The number of aryl methyl sites for hydroxylation is 1. The second kappa shape index (κ2) is 7.58. The summed E-state index contributed by atoms with van der Waals surface area (Å²) in [6.07, 6.45) is -1.98. The Morgan fingerprint density at radius 3 is 2.21 bits per heavy atom. The molecule has 1 saturated heterocycles. The number of hydrogen-bond donors (Lipinski definition) is 4. The Labute approximate surface area is 165 Å². The Bertz CT molecular complexity index is 831. The molecule has 1 aliphatic heterocycles. The first kappa shape index (κ1) is 19.6. The zero-order valence-electron chi connectivity index (χ0n) is 16.1. The maximum Gasteiger partial charge on any atom is 0.112 e. The molecular weight excluding hydrogens is 356 g/mol. The van der Waals surface area contributed by atoms with Crippen molar-refractivity contribution in [3.05, 3.63) is 70.3 Å². The minimum atomic E-state index is -1.34. The van der Waals surface area contributed by atoms with E-state index < -0.39 is 36.6 Å². The van der Waals surface area contributed by atoms with Crippen LogP contribution in [0.2, 0.25) is 0 Å². The van der Waals surface area contributed by atoms with Crippen molar-refractivity contribution in [3.63, 3.8) is 0 Å². The van der Waals surface area contributed by atoms with E-state index in [9.17, 15) is 20.4 Å². The monoisotopic (exact) mass is 384 g/mol. The first-order chi connectivity index (χ1) is 13.5. The Balaban J connectivity index is 1.55. The minimum Gasteiger partial charge on any atom is -0.394 e. The summed E-state index contributed by atoms with van der Waals surface area (Å²) in [6.45, 7) is 1.74. The molecule has 5 atom stereocenters. The summed E-state index contributed by atoms with van der Waals surface area (Å²) in [4.78, 5) is 0. The molecule has 0 aromatic heterocycles. The lowest BCUT2D eigenvalue weighted by Crippen LogP contribution is -2.65. The average molecular weight is 384 g/mol. The fourth-order valence-corrected chi connectivity index (χ4v) is 4.56. The minimum absolute atomic E-state index is 0.401. The summed E-state index contributed by atoms with van der Waals surface area (Å²) in [5.74, 6) is 0. The number of aliphatic hydroxyl groups is 4. The predicted octanol–water partition coefficient (Wildman–Crippen LogP) is 1.15. The number of fused-ring (bicyclic) bond motifs is 1. The third-order valence-electron chi connectivity index (χ3n) is 6.25. The van der Waals surface area contributed by atoms with E-state index in [-0.39, 0.29) is 0 Å². The molecule has 1 aliphatic carbocycles. The molecule has 2 aromatic rings. The molecule has 0 bridgehead atoms. The van der Waals surface area contributed by atoms with Crippen LogP contribution >= 0.6 is 0 Å². The Kier molecular flexibility index (Phi) is 5.29. The molecule has 2 aromatic carbocycles. The van der Waals surface area contributed by atoms with Gasteiger partial charge in [-0.3, -0.25) is 0 Å². The molecule has 4 N–H and O–H groups in total. The third-order valence-corrected chi connectivity index (χ3v) is 6.25. The average Bonchev–Trinajstić information content (AvgIpc) is 3.08. The highest BCUT2D eigenvalue weighted by atomic mass is 16.6. The lowest BCUT2D eigenvalue weighted by atomic mass is 9.82. The van der Waals surface area contributed by atoms with Gasteiger partial charge in [0.15, 0.2) is 0 Å². The van der Waals surface area contributed by atoms with Gasteiger partial charge < -0.3 is 25.2 Å². The van der Waals surface area contributed by atoms with Crippen LogP contribution in [0.25, 0.3) is 0 Å². The topological polar surface area (TPSA) is 90.2 Å². The van der Waals surface area contributed by atoms with Crippen molar-refractivity contribution >= 4 is 0 Å². The van der Waals surface area contributed by atoms with E-state index in [1.165, 1.54) is 16.7 Å². The van der Waals surface area contributed by atoms with Gasteiger partial charge >= 0.3 is 0 Å². The summed E-state index contributed by atoms with van der Waals surface area (Å²) in [5.41, 5.74) is 4.91. The molecule has 5 nitrogen and oxygen atoms in total. The molecule has 0 amide bonds. The molecule has 0 saturated carbocycles. The molecule has 28 heavy (non-hydrogen) atoms. The Morgan fingerprint density at radius 1 is 0.893 bits per heavy atom.